The molecule has 0 aliphatic rings. The van der Waals surface area contributed by atoms with E-state index in [1.807, 2.05) is 0 Å². The summed E-state index contributed by atoms with van der Waals surface area (Å²) < 4.78 is 4.95. The van der Waals surface area contributed by atoms with Crippen molar-refractivity contribution in [2.45, 2.75) is 6.04 Å². The van der Waals surface area contributed by atoms with Crippen LogP contribution < -0.4 is 0 Å². The Hall–Kier alpha value is 0.467. The zero-order valence-electron chi connectivity index (χ0n) is 4.11. The molecule has 0 aromatic rings. The lowest BCUT2D eigenvalue weighted by Crippen LogP contribution is -1.95. The van der Waals surface area contributed by atoms with Crippen LogP contribution in [-0.2, 0) is 4.74 Å². The molecule has 0 amide bonds. The first-order valence-electron chi connectivity index (χ1n) is 2.20. The van der Waals surface area contributed by atoms with Gasteiger partial charge in [-0.25, -0.2) is 0 Å². The van der Waals surface area contributed by atoms with Gasteiger partial charge in [-0.2, -0.15) is 0 Å². The van der Waals surface area contributed by atoms with Crippen LogP contribution in [0, 0.1) is 0 Å². The minimum absolute atomic E-state index is 0.590. The van der Waals surface area contributed by atoms with Crippen LogP contribution >= 0.6 is 11.6 Å². The van der Waals surface area contributed by atoms with Crippen molar-refractivity contribution in [3.8, 4) is 0 Å². The van der Waals surface area contributed by atoms with Crippen LogP contribution in [-0.4, -0.2) is 29.3 Å². The third kappa shape index (κ3) is 6.47. The van der Waals surface area contributed by atoms with Gasteiger partial charge >= 0.3 is 0 Å². The normalized spacial score (nSPS) is 9.43. The van der Waals surface area contributed by atoms with Gasteiger partial charge in [-0.15, -0.1) is 11.6 Å². The Kier molecular flexibility index (Phi) is 6.90. The molecule has 7 heavy (non-hydrogen) atoms. The summed E-state index contributed by atoms with van der Waals surface area (Å²) in [5.41, 5.74) is 0. The second kappa shape index (κ2) is 6.47. The highest BCUT2D eigenvalue weighted by molar-refractivity contribution is 6.17. The Morgan fingerprint density at radius 3 is 2.57 bits per heavy atom. The molecule has 0 aromatic carbocycles. The van der Waals surface area contributed by atoms with Crippen molar-refractivity contribution in [1.82, 2.24) is 0 Å². The molecule has 0 saturated carbocycles. The number of ether oxygens (including phenoxy) is 1. The molecule has 0 aliphatic carbocycles. The lowest BCUT2D eigenvalue weighted by molar-refractivity contribution is 0.164. The maximum Gasteiger partial charge on any atom is 0.0601 e. The smallest absolute Gasteiger partial charge is 0.0601 e. The molecule has 0 atom stereocenters. The van der Waals surface area contributed by atoms with Crippen molar-refractivity contribution in [2.24, 2.45) is 0 Å². The number of hydrogen-bond donors (Lipinski definition) is 0. The lowest BCUT2D eigenvalue weighted by atomic mass is 10.8. The molecular weight excluding hydrogens is 128 g/mol. The fourth-order valence-corrected chi connectivity index (χ4v) is 0.482. The van der Waals surface area contributed by atoms with Gasteiger partial charge in [-0.05, 0) is 6.04 Å². The molecule has 3 radical (unpaired) electrons. The van der Waals surface area contributed by atoms with Crippen LogP contribution in [0.4, 0.5) is 0 Å². The van der Waals surface area contributed by atoms with E-state index in [1.165, 1.54) is 0 Å². The van der Waals surface area contributed by atoms with Crippen molar-refractivity contribution in [3.05, 3.63) is 0 Å². The number of hydrogen-bond acceptors (Lipinski definition) is 1. The lowest BCUT2D eigenvalue weighted by Gasteiger charge is -1.94. The Bertz CT molecular complexity index is 30.9. The van der Waals surface area contributed by atoms with Crippen molar-refractivity contribution >= 4 is 21.8 Å². The highest BCUT2D eigenvalue weighted by atomic mass is 35.5. The fourth-order valence-electron chi connectivity index (χ4n) is 0.229. The van der Waals surface area contributed by atoms with E-state index in [-0.39, 0.29) is 0 Å². The number of halogens is 1. The molecule has 0 fully saturated rings. The van der Waals surface area contributed by atoms with Gasteiger partial charge in [-0.3, -0.25) is 0 Å². The van der Waals surface area contributed by atoms with Gasteiger partial charge in [-0.1, -0.05) is 0 Å². The number of rotatable bonds is 4. The second-order valence-corrected chi connectivity index (χ2v) is 1.93. The molecule has 1 nitrogen and oxygen atoms in total. The summed E-state index contributed by atoms with van der Waals surface area (Å²) in [5.74, 6) is 0.590. The molecular formula is C4H8ClOSi. The molecule has 0 spiro atoms. The summed E-state index contributed by atoms with van der Waals surface area (Å²) in [6, 6.07) is 0.886. The summed E-state index contributed by atoms with van der Waals surface area (Å²) >= 11 is 5.30. The van der Waals surface area contributed by atoms with Gasteiger partial charge in [0.05, 0.1) is 6.61 Å². The van der Waals surface area contributed by atoms with E-state index in [4.69, 9.17) is 16.3 Å². The monoisotopic (exact) mass is 135 g/mol. The molecule has 41 valence electrons. The van der Waals surface area contributed by atoms with E-state index in [9.17, 15) is 0 Å². The maximum absolute atomic E-state index is 5.30. The topological polar surface area (TPSA) is 9.23 Å². The van der Waals surface area contributed by atoms with Crippen molar-refractivity contribution < 1.29 is 4.74 Å². The van der Waals surface area contributed by atoms with Crippen molar-refractivity contribution in [1.29, 1.82) is 0 Å². The summed E-state index contributed by atoms with van der Waals surface area (Å²) in [5, 5.41) is 0. The quantitative estimate of drug-likeness (QED) is 0.315. The summed E-state index contributed by atoms with van der Waals surface area (Å²) in [6.07, 6.45) is 0. The summed E-state index contributed by atoms with van der Waals surface area (Å²) in [6.45, 7) is 1.41. The van der Waals surface area contributed by atoms with Gasteiger partial charge in [0.25, 0.3) is 0 Å². The Morgan fingerprint density at radius 2 is 2.14 bits per heavy atom. The van der Waals surface area contributed by atoms with E-state index in [0.29, 0.717) is 12.5 Å². The Morgan fingerprint density at radius 1 is 1.43 bits per heavy atom. The predicted molar refractivity (Wildman–Crippen MR) is 32.1 cm³/mol. The first kappa shape index (κ1) is 7.47. The van der Waals surface area contributed by atoms with E-state index in [0.717, 1.165) is 12.7 Å². The van der Waals surface area contributed by atoms with Gasteiger partial charge in [0.1, 0.15) is 0 Å². The zero-order valence-corrected chi connectivity index (χ0v) is 5.87. The minimum Gasteiger partial charge on any atom is -0.381 e. The zero-order chi connectivity index (χ0) is 5.54. The van der Waals surface area contributed by atoms with E-state index in [2.05, 4.69) is 10.2 Å². The van der Waals surface area contributed by atoms with Crippen molar-refractivity contribution in [3.63, 3.8) is 0 Å². The summed E-state index contributed by atoms with van der Waals surface area (Å²) in [7, 11) is 3.25. The molecule has 0 saturated heterocycles. The average molecular weight is 136 g/mol. The second-order valence-electron chi connectivity index (χ2n) is 1.05. The van der Waals surface area contributed by atoms with Gasteiger partial charge in [0, 0.05) is 22.7 Å². The molecule has 0 aliphatic heterocycles. The van der Waals surface area contributed by atoms with Crippen LogP contribution in [0.1, 0.15) is 0 Å². The third-order valence-corrected chi connectivity index (χ3v) is 0.826. The Labute approximate surface area is 52.4 Å². The van der Waals surface area contributed by atoms with Crippen LogP contribution in [0.15, 0.2) is 0 Å². The first-order chi connectivity index (χ1) is 3.41. The molecule has 0 rings (SSSR count). The minimum atomic E-state index is 0.590. The van der Waals surface area contributed by atoms with E-state index >= 15 is 0 Å². The number of alkyl halides is 1. The van der Waals surface area contributed by atoms with Gasteiger partial charge < -0.3 is 4.74 Å². The van der Waals surface area contributed by atoms with Crippen LogP contribution in [0.25, 0.3) is 0 Å². The highest BCUT2D eigenvalue weighted by Gasteiger charge is 1.79. The highest BCUT2D eigenvalue weighted by Crippen LogP contribution is 1.79. The first-order valence-corrected chi connectivity index (χ1v) is 3.44. The SMILES string of the molecule is [Si]CCOCCCl. The average Bonchev–Trinajstić information content (AvgIpc) is 1.69. The van der Waals surface area contributed by atoms with Gasteiger partial charge in [0.15, 0.2) is 0 Å². The van der Waals surface area contributed by atoms with Gasteiger partial charge in [0.2, 0.25) is 0 Å². The molecule has 0 unspecified atom stereocenters. The van der Waals surface area contributed by atoms with Crippen LogP contribution in [0.3, 0.4) is 0 Å². The van der Waals surface area contributed by atoms with Crippen LogP contribution in [0.2, 0.25) is 6.04 Å². The van der Waals surface area contributed by atoms with Crippen molar-refractivity contribution in [2.75, 3.05) is 19.1 Å². The molecule has 0 bridgehead atoms. The fraction of sp³-hybridized carbons (Fsp3) is 1.00. The molecule has 0 heterocycles. The Balaban J connectivity index is 2.45. The predicted octanol–water partition coefficient (Wildman–Crippen LogP) is 0.829. The third-order valence-electron chi connectivity index (χ3n) is 0.468. The van der Waals surface area contributed by atoms with Crippen LogP contribution in [0.5, 0.6) is 0 Å². The molecule has 0 N–H and O–H groups in total. The molecule has 0 aromatic heterocycles. The van der Waals surface area contributed by atoms with E-state index in [1.54, 1.807) is 0 Å². The van der Waals surface area contributed by atoms with E-state index < -0.39 is 0 Å². The summed E-state index contributed by atoms with van der Waals surface area (Å²) in [4.78, 5) is 0. The maximum atomic E-state index is 5.30. The molecule has 3 heteroatoms. The largest absolute Gasteiger partial charge is 0.381 e. The standard InChI is InChI=1S/C4H8ClOSi/c5-1-2-6-3-4-7/h1-4H2.